The Morgan fingerprint density at radius 2 is 1.95 bits per heavy atom. The first-order valence-electron chi connectivity index (χ1n) is 15.4. The highest BCUT2D eigenvalue weighted by Crippen LogP contribution is 2.59. The van der Waals surface area contributed by atoms with Crippen molar-refractivity contribution in [1.29, 1.82) is 0 Å². The molecule has 0 aliphatic carbocycles. The third kappa shape index (κ3) is 5.71. The number of benzene rings is 2. The third-order valence-electron chi connectivity index (χ3n) is 9.25. The number of para-hydroxylation sites is 1. The van der Waals surface area contributed by atoms with E-state index in [1.165, 1.54) is 4.90 Å². The lowest BCUT2D eigenvalue weighted by molar-refractivity contribution is -0.156. The lowest BCUT2D eigenvalue weighted by atomic mass is 9.70. The molecule has 0 aromatic heterocycles. The van der Waals surface area contributed by atoms with Gasteiger partial charge in [0.15, 0.2) is 0 Å². The number of carbonyl (C=O) groups excluding carboxylic acids is 3. The largest absolute Gasteiger partial charge is 0.465 e. The molecule has 3 heterocycles. The number of unbranched alkanes of at least 4 members (excludes halogenated alkanes) is 2. The van der Waals surface area contributed by atoms with Crippen LogP contribution in [0.5, 0.6) is 0 Å². The SMILES string of the molecule is C=CCCCCOC(=O)[C@@H]1[C@H]2C(=O)N([C@@H](CO)Cc3ccccc3)C(C(=O)N(CC=C)c3c(C)cccc3Cl)C23CC[C@H]1O3. The first kappa shape index (κ1) is 31.9. The molecular weight excluding hydrogens is 580 g/mol. The Kier molecular flexibility index (Phi) is 9.93. The summed E-state index contributed by atoms with van der Waals surface area (Å²) in [5.41, 5.74) is 0.975. The molecule has 8 nitrogen and oxygen atoms in total. The Bertz CT molecular complexity index is 1380. The van der Waals surface area contributed by atoms with Crippen LogP contribution in [-0.2, 0) is 30.3 Å². The Labute approximate surface area is 264 Å². The van der Waals surface area contributed by atoms with Crippen LogP contribution in [0.15, 0.2) is 73.8 Å². The summed E-state index contributed by atoms with van der Waals surface area (Å²) in [4.78, 5) is 46.0. The van der Waals surface area contributed by atoms with Gasteiger partial charge in [-0.3, -0.25) is 14.4 Å². The minimum absolute atomic E-state index is 0.144. The summed E-state index contributed by atoms with van der Waals surface area (Å²) in [6.07, 6.45) is 6.54. The van der Waals surface area contributed by atoms with Crippen molar-refractivity contribution in [2.45, 2.75) is 69.2 Å². The van der Waals surface area contributed by atoms with Crippen LogP contribution in [0.3, 0.4) is 0 Å². The van der Waals surface area contributed by atoms with Crippen LogP contribution in [0.25, 0.3) is 0 Å². The molecule has 3 saturated heterocycles. The minimum atomic E-state index is -1.25. The number of nitrogens with zero attached hydrogens (tertiary/aromatic N) is 2. The predicted octanol–water partition coefficient (Wildman–Crippen LogP) is 5.05. The zero-order valence-corrected chi connectivity index (χ0v) is 26.0. The number of allylic oxidation sites excluding steroid dienone is 1. The van der Waals surface area contributed by atoms with Gasteiger partial charge in [-0.25, -0.2) is 0 Å². The molecule has 6 atom stereocenters. The monoisotopic (exact) mass is 620 g/mol. The number of esters is 1. The summed E-state index contributed by atoms with van der Waals surface area (Å²) >= 11 is 6.66. The zero-order chi connectivity index (χ0) is 31.4. The van der Waals surface area contributed by atoms with Gasteiger partial charge in [0.2, 0.25) is 5.91 Å². The molecule has 2 aromatic rings. The van der Waals surface area contributed by atoms with E-state index in [0.29, 0.717) is 36.4 Å². The van der Waals surface area contributed by atoms with E-state index in [1.807, 2.05) is 55.5 Å². The highest BCUT2D eigenvalue weighted by molar-refractivity contribution is 6.34. The predicted molar refractivity (Wildman–Crippen MR) is 169 cm³/mol. The second-order valence-corrected chi connectivity index (χ2v) is 12.3. The van der Waals surface area contributed by atoms with Gasteiger partial charge in [0.05, 0.1) is 47.9 Å². The number of aliphatic hydroxyl groups is 1. The molecule has 2 aromatic carbocycles. The molecule has 234 valence electrons. The molecular formula is C35H41ClN2O6. The number of aliphatic hydroxyl groups excluding tert-OH is 1. The normalized spacial score (nSPS) is 25.9. The van der Waals surface area contributed by atoms with Crippen molar-refractivity contribution < 1.29 is 29.0 Å². The minimum Gasteiger partial charge on any atom is -0.465 e. The van der Waals surface area contributed by atoms with E-state index in [-0.39, 0.29) is 31.6 Å². The average Bonchev–Trinajstić information content (AvgIpc) is 3.66. The van der Waals surface area contributed by atoms with Gasteiger partial charge >= 0.3 is 5.97 Å². The molecule has 3 aliphatic rings. The van der Waals surface area contributed by atoms with E-state index < -0.39 is 41.6 Å². The first-order valence-corrected chi connectivity index (χ1v) is 15.8. The summed E-state index contributed by atoms with van der Waals surface area (Å²) in [5.74, 6) is -2.97. The van der Waals surface area contributed by atoms with Crippen LogP contribution in [-0.4, -0.2) is 71.3 Å². The maximum absolute atomic E-state index is 14.9. The Morgan fingerprint density at radius 3 is 2.64 bits per heavy atom. The molecule has 9 heteroatoms. The number of likely N-dealkylation sites (tertiary alicyclic amines) is 1. The smallest absolute Gasteiger partial charge is 0.312 e. The van der Waals surface area contributed by atoms with Crippen LogP contribution in [0.2, 0.25) is 5.02 Å². The Balaban J connectivity index is 1.55. The molecule has 0 saturated carbocycles. The number of carbonyl (C=O) groups is 3. The number of amides is 2. The number of fused-ring (bicyclic) bond motifs is 1. The maximum Gasteiger partial charge on any atom is 0.312 e. The number of anilines is 1. The molecule has 1 N–H and O–H groups in total. The fraction of sp³-hybridized carbons (Fsp3) is 0.457. The molecule has 3 aliphatic heterocycles. The standard InChI is InChI=1S/C35H41ClN2O6/c1-4-6-7-11-20-43-34(42)28-27-17-18-35(44-27)29(28)32(40)38(25(22-39)21-24-14-9-8-10-15-24)31(35)33(41)37(19-5-2)30-23(3)13-12-16-26(30)36/h4-5,8-10,12-16,25,27-29,31,39H,1-2,6-7,11,17-22H2,3H3/t25-,27-,28+,29+,31?,35?/m1/s1. The lowest BCUT2D eigenvalue weighted by Crippen LogP contribution is -2.59. The third-order valence-corrected chi connectivity index (χ3v) is 9.55. The summed E-state index contributed by atoms with van der Waals surface area (Å²) < 4.78 is 12.3. The van der Waals surface area contributed by atoms with Gasteiger partial charge in [-0.15, -0.1) is 13.2 Å². The number of aryl methyl sites for hydroxylation is 1. The van der Waals surface area contributed by atoms with E-state index in [2.05, 4.69) is 13.2 Å². The Hall–Kier alpha value is -3.46. The van der Waals surface area contributed by atoms with Gasteiger partial charge < -0.3 is 24.4 Å². The average molecular weight is 621 g/mol. The summed E-state index contributed by atoms with van der Waals surface area (Å²) in [6.45, 7) is 9.48. The molecule has 2 unspecified atom stereocenters. The molecule has 2 bridgehead atoms. The van der Waals surface area contributed by atoms with Gasteiger partial charge in [0.1, 0.15) is 11.6 Å². The van der Waals surface area contributed by atoms with E-state index in [1.54, 1.807) is 17.0 Å². The zero-order valence-electron chi connectivity index (χ0n) is 25.2. The molecule has 2 amide bonds. The van der Waals surface area contributed by atoms with Crippen molar-refractivity contribution in [3.8, 4) is 0 Å². The fourth-order valence-electron chi connectivity index (χ4n) is 7.36. The van der Waals surface area contributed by atoms with Crippen molar-refractivity contribution >= 4 is 35.1 Å². The molecule has 5 rings (SSSR count). The molecule has 44 heavy (non-hydrogen) atoms. The van der Waals surface area contributed by atoms with Gasteiger partial charge in [-0.2, -0.15) is 0 Å². The first-order chi connectivity index (χ1) is 21.3. The quantitative estimate of drug-likeness (QED) is 0.181. The number of hydrogen-bond acceptors (Lipinski definition) is 6. The fourth-order valence-corrected chi connectivity index (χ4v) is 7.69. The molecule has 3 fully saturated rings. The van der Waals surface area contributed by atoms with E-state index >= 15 is 0 Å². The van der Waals surface area contributed by atoms with Crippen molar-refractivity contribution in [2.75, 3.05) is 24.7 Å². The highest BCUT2D eigenvalue weighted by Gasteiger charge is 2.75. The van der Waals surface area contributed by atoms with Crippen molar-refractivity contribution in [1.82, 2.24) is 4.90 Å². The van der Waals surface area contributed by atoms with Crippen molar-refractivity contribution in [3.05, 3.63) is 90.0 Å². The van der Waals surface area contributed by atoms with Crippen LogP contribution in [0, 0.1) is 18.8 Å². The van der Waals surface area contributed by atoms with Gasteiger partial charge in [0, 0.05) is 6.54 Å². The van der Waals surface area contributed by atoms with Crippen LogP contribution < -0.4 is 4.90 Å². The van der Waals surface area contributed by atoms with Crippen LogP contribution in [0.4, 0.5) is 5.69 Å². The molecule has 0 radical (unpaired) electrons. The number of hydrogen-bond donors (Lipinski definition) is 1. The van der Waals surface area contributed by atoms with Crippen LogP contribution >= 0.6 is 11.6 Å². The number of halogens is 1. The topological polar surface area (TPSA) is 96.4 Å². The second kappa shape index (κ2) is 13.7. The second-order valence-electron chi connectivity index (χ2n) is 11.9. The maximum atomic E-state index is 14.9. The summed E-state index contributed by atoms with van der Waals surface area (Å²) in [5, 5.41) is 11.1. The number of rotatable bonds is 14. The van der Waals surface area contributed by atoms with Crippen molar-refractivity contribution in [3.63, 3.8) is 0 Å². The van der Waals surface area contributed by atoms with E-state index in [9.17, 15) is 19.5 Å². The lowest BCUT2D eigenvalue weighted by Gasteiger charge is -2.39. The number of ether oxygens (including phenoxy) is 2. The van der Waals surface area contributed by atoms with E-state index in [4.69, 9.17) is 21.1 Å². The molecule has 1 spiro atoms. The van der Waals surface area contributed by atoms with E-state index in [0.717, 1.165) is 24.0 Å². The van der Waals surface area contributed by atoms with Crippen molar-refractivity contribution in [2.24, 2.45) is 11.8 Å². The summed E-state index contributed by atoms with van der Waals surface area (Å²) in [6, 6.07) is 13.1. The van der Waals surface area contributed by atoms with Gasteiger partial charge in [0.25, 0.3) is 5.91 Å². The highest BCUT2D eigenvalue weighted by atomic mass is 35.5. The summed E-state index contributed by atoms with van der Waals surface area (Å²) in [7, 11) is 0. The van der Waals surface area contributed by atoms with Crippen LogP contribution in [0.1, 0.15) is 43.2 Å². The Morgan fingerprint density at radius 1 is 1.18 bits per heavy atom. The van der Waals surface area contributed by atoms with Gasteiger partial charge in [-0.05, 0) is 62.6 Å². The van der Waals surface area contributed by atoms with Gasteiger partial charge in [-0.1, -0.05) is 66.2 Å².